The maximum atomic E-state index is 9.59. The van der Waals surface area contributed by atoms with Gasteiger partial charge in [0.25, 0.3) is 0 Å². The molecular weight excluding hydrogens is 218 g/mol. The van der Waals surface area contributed by atoms with Gasteiger partial charge in [-0.05, 0) is 55.9 Å². The fourth-order valence-corrected chi connectivity index (χ4v) is 4.20. The average molecular weight is 239 g/mol. The molecule has 0 N–H and O–H groups in total. The standard InChI is InChI=1S/C17H21N/c18-13-17(12-15-8-9-16(17)11-15)10-4-7-14-5-2-1-3-6-14/h1-3,5-6,15-16H,4,7-12H2. The van der Waals surface area contributed by atoms with Crippen molar-refractivity contribution >= 4 is 0 Å². The summed E-state index contributed by atoms with van der Waals surface area (Å²) in [6.45, 7) is 0. The molecule has 0 aromatic heterocycles. The van der Waals surface area contributed by atoms with E-state index in [1.165, 1.54) is 37.7 Å². The summed E-state index contributed by atoms with van der Waals surface area (Å²) in [6, 6.07) is 13.4. The molecule has 0 spiro atoms. The molecule has 1 aromatic carbocycles. The number of nitrogens with zero attached hydrogens (tertiary/aromatic N) is 1. The van der Waals surface area contributed by atoms with Crippen LogP contribution in [-0.2, 0) is 6.42 Å². The first-order chi connectivity index (χ1) is 8.82. The topological polar surface area (TPSA) is 23.8 Å². The van der Waals surface area contributed by atoms with E-state index in [1.807, 2.05) is 0 Å². The van der Waals surface area contributed by atoms with E-state index in [1.54, 1.807) is 0 Å². The van der Waals surface area contributed by atoms with Gasteiger partial charge in [-0.1, -0.05) is 36.8 Å². The summed E-state index contributed by atoms with van der Waals surface area (Å²) in [4.78, 5) is 0. The number of aryl methyl sites for hydroxylation is 1. The molecule has 3 unspecified atom stereocenters. The lowest BCUT2D eigenvalue weighted by Crippen LogP contribution is -2.26. The van der Waals surface area contributed by atoms with Crippen molar-refractivity contribution in [3.63, 3.8) is 0 Å². The zero-order valence-electron chi connectivity index (χ0n) is 10.9. The Kier molecular flexibility index (Phi) is 3.12. The van der Waals surface area contributed by atoms with Crippen molar-refractivity contribution in [2.45, 2.75) is 44.9 Å². The molecule has 1 aromatic rings. The maximum Gasteiger partial charge on any atom is 0.0692 e. The highest BCUT2D eigenvalue weighted by molar-refractivity contribution is 5.16. The van der Waals surface area contributed by atoms with Gasteiger partial charge in [0.15, 0.2) is 0 Å². The second-order valence-electron chi connectivity index (χ2n) is 6.19. The van der Waals surface area contributed by atoms with E-state index in [2.05, 4.69) is 36.4 Å². The van der Waals surface area contributed by atoms with E-state index in [0.29, 0.717) is 5.92 Å². The molecule has 2 aliphatic carbocycles. The molecule has 3 rings (SSSR count). The van der Waals surface area contributed by atoms with Crippen molar-refractivity contribution < 1.29 is 0 Å². The molecule has 1 heteroatoms. The minimum atomic E-state index is 0.0394. The molecular formula is C17H21N. The molecule has 0 aliphatic heterocycles. The Labute approximate surface area is 110 Å². The van der Waals surface area contributed by atoms with Crippen molar-refractivity contribution in [2.75, 3.05) is 0 Å². The summed E-state index contributed by atoms with van der Waals surface area (Å²) in [7, 11) is 0. The fourth-order valence-electron chi connectivity index (χ4n) is 4.20. The minimum Gasteiger partial charge on any atom is -0.198 e. The molecule has 1 nitrogen and oxygen atoms in total. The lowest BCUT2D eigenvalue weighted by Gasteiger charge is -2.31. The number of benzene rings is 1. The van der Waals surface area contributed by atoms with E-state index in [9.17, 15) is 5.26 Å². The Hall–Kier alpha value is -1.29. The van der Waals surface area contributed by atoms with Crippen LogP contribution in [0.4, 0.5) is 0 Å². The van der Waals surface area contributed by atoms with Gasteiger partial charge in [-0.25, -0.2) is 0 Å². The minimum absolute atomic E-state index is 0.0394. The number of fused-ring (bicyclic) bond motifs is 2. The van der Waals surface area contributed by atoms with Crippen LogP contribution in [0.25, 0.3) is 0 Å². The highest BCUT2D eigenvalue weighted by atomic mass is 14.5. The van der Waals surface area contributed by atoms with Crippen molar-refractivity contribution in [2.24, 2.45) is 17.3 Å². The Morgan fingerprint density at radius 1 is 1.22 bits per heavy atom. The van der Waals surface area contributed by atoms with Gasteiger partial charge in [-0.15, -0.1) is 0 Å². The van der Waals surface area contributed by atoms with Crippen LogP contribution in [0.2, 0.25) is 0 Å². The molecule has 94 valence electrons. The normalized spacial score (nSPS) is 33.5. The second-order valence-corrected chi connectivity index (χ2v) is 6.19. The Morgan fingerprint density at radius 2 is 2.06 bits per heavy atom. The summed E-state index contributed by atoms with van der Waals surface area (Å²) in [5.74, 6) is 1.58. The van der Waals surface area contributed by atoms with Crippen LogP contribution in [0.5, 0.6) is 0 Å². The van der Waals surface area contributed by atoms with E-state index >= 15 is 0 Å². The van der Waals surface area contributed by atoms with E-state index in [4.69, 9.17) is 0 Å². The van der Waals surface area contributed by atoms with Gasteiger partial charge in [-0.2, -0.15) is 5.26 Å². The van der Waals surface area contributed by atoms with Gasteiger partial charge in [0.1, 0.15) is 0 Å². The molecule has 18 heavy (non-hydrogen) atoms. The van der Waals surface area contributed by atoms with E-state index < -0.39 is 0 Å². The third kappa shape index (κ3) is 2.05. The van der Waals surface area contributed by atoms with Crippen LogP contribution in [0, 0.1) is 28.6 Å². The first kappa shape index (κ1) is 11.8. The molecule has 0 radical (unpaired) electrons. The number of hydrogen-bond acceptors (Lipinski definition) is 1. The van der Waals surface area contributed by atoms with Crippen LogP contribution in [0.1, 0.15) is 44.1 Å². The zero-order valence-corrected chi connectivity index (χ0v) is 10.9. The van der Waals surface area contributed by atoms with Crippen LogP contribution < -0.4 is 0 Å². The highest BCUT2D eigenvalue weighted by Crippen LogP contribution is 2.57. The van der Waals surface area contributed by atoms with Crippen LogP contribution in [0.15, 0.2) is 30.3 Å². The molecule has 2 bridgehead atoms. The SMILES string of the molecule is N#CC1(CCCc2ccccc2)CC2CCC1C2. The van der Waals surface area contributed by atoms with Gasteiger partial charge >= 0.3 is 0 Å². The lowest BCUT2D eigenvalue weighted by molar-refractivity contribution is 0.218. The van der Waals surface area contributed by atoms with E-state index in [-0.39, 0.29) is 5.41 Å². The third-order valence-electron chi connectivity index (χ3n) is 5.13. The molecule has 0 saturated heterocycles. The smallest absolute Gasteiger partial charge is 0.0692 e. The molecule has 0 heterocycles. The summed E-state index contributed by atoms with van der Waals surface area (Å²) in [6.07, 6.45) is 8.61. The van der Waals surface area contributed by atoms with Gasteiger partial charge < -0.3 is 0 Å². The van der Waals surface area contributed by atoms with Crippen LogP contribution in [-0.4, -0.2) is 0 Å². The quantitative estimate of drug-likeness (QED) is 0.766. The van der Waals surface area contributed by atoms with Crippen molar-refractivity contribution in [1.29, 1.82) is 5.26 Å². The van der Waals surface area contributed by atoms with Gasteiger partial charge in [0, 0.05) is 0 Å². The van der Waals surface area contributed by atoms with Crippen molar-refractivity contribution in [1.82, 2.24) is 0 Å². The fraction of sp³-hybridized carbons (Fsp3) is 0.588. The summed E-state index contributed by atoms with van der Waals surface area (Å²) in [5, 5.41) is 9.59. The molecule has 2 saturated carbocycles. The highest BCUT2D eigenvalue weighted by Gasteiger charge is 2.50. The predicted octanol–water partition coefficient (Wildman–Crippen LogP) is 4.34. The van der Waals surface area contributed by atoms with Crippen LogP contribution in [0.3, 0.4) is 0 Å². The number of nitriles is 1. The van der Waals surface area contributed by atoms with Crippen molar-refractivity contribution in [3.8, 4) is 6.07 Å². The zero-order chi connectivity index (χ0) is 12.4. The largest absolute Gasteiger partial charge is 0.198 e. The summed E-state index contributed by atoms with van der Waals surface area (Å²) < 4.78 is 0. The maximum absolute atomic E-state index is 9.59. The van der Waals surface area contributed by atoms with Gasteiger partial charge in [-0.3, -0.25) is 0 Å². The van der Waals surface area contributed by atoms with E-state index in [0.717, 1.165) is 18.8 Å². The number of rotatable bonds is 4. The first-order valence-corrected chi connectivity index (χ1v) is 7.27. The lowest BCUT2D eigenvalue weighted by atomic mass is 9.71. The monoisotopic (exact) mass is 239 g/mol. The molecule has 3 atom stereocenters. The molecule has 0 amide bonds. The van der Waals surface area contributed by atoms with Crippen LogP contribution >= 0.6 is 0 Å². The Balaban J connectivity index is 1.58. The predicted molar refractivity (Wildman–Crippen MR) is 72.9 cm³/mol. The number of hydrogen-bond donors (Lipinski definition) is 0. The Bertz CT molecular complexity index is 444. The average Bonchev–Trinajstić information content (AvgIpc) is 3.01. The second kappa shape index (κ2) is 4.76. The van der Waals surface area contributed by atoms with Gasteiger partial charge in [0.05, 0.1) is 11.5 Å². The summed E-state index contributed by atoms with van der Waals surface area (Å²) >= 11 is 0. The molecule has 2 aliphatic rings. The summed E-state index contributed by atoms with van der Waals surface area (Å²) in [5.41, 5.74) is 1.45. The van der Waals surface area contributed by atoms with Gasteiger partial charge in [0.2, 0.25) is 0 Å². The van der Waals surface area contributed by atoms with Crippen molar-refractivity contribution in [3.05, 3.63) is 35.9 Å². The Morgan fingerprint density at radius 3 is 2.67 bits per heavy atom. The third-order valence-corrected chi connectivity index (χ3v) is 5.13. The molecule has 2 fully saturated rings. The first-order valence-electron chi connectivity index (χ1n) is 7.27.